The van der Waals surface area contributed by atoms with E-state index in [9.17, 15) is 4.79 Å². The van der Waals surface area contributed by atoms with E-state index in [0.717, 1.165) is 37.7 Å². The molecule has 4 rings (SSSR count). The number of carbonyl (C=O) groups is 1. The maximum absolute atomic E-state index is 12.2. The lowest BCUT2D eigenvalue weighted by atomic mass is 9.96. The van der Waals surface area contributed by atoms with E-state index in [1.807, 2.05) is 12.1 Å². The number of benzene rings is 1. The van der Waals surface area contributed by atoms with Gasteiger partial charge in [0, 0.05) is 42.6 Å². The third kappa shape index (κ3) is 4.57. The Bertz CT molecular complexity index is 626. The number of hydrogen-bond acceptors (Lipinski definition) is 3. The first-order valence-corrected chi connectivity index (χ1v) is 10.9. The summed E-state index contributed by atoms with van der Waals surface area (Å²) < 4.78 is 0. The van der Waals surface area contributed by atoms with Crippen molar-refractivity contribution < 1.29 is 4.79 Å². The molecule has 27 heavy (non-hydrogen) atoms. The molecule has 0 spiro atoms. The van der Waals surface area contributed by atoms with Crippen molar-refractivity contribution in [1.82, 2.24) is 10.2 Å². The average molecular weight is 371 g/mol. The van der Waals surface area contributed by atoms with Crippen LogP contribution in [-0.4, -0.2) is 48.7 Å². The number of hydrogen-bond donors (Lipinski definition) is 2. The van der Waals surface area contributed by atoms with Gasteiger partial charge < -0.3 is 15.5 Å². The van der Waals surface area contributed by atoms with E-state index in [2.05, 4.69) is 39.5 Å². The first-order chi connectivity index (χ1) is 13.2. The highest BCUT2D eigenvalue weighted by molar-refractivity contribution is 5.89. The molecule has 3 aliphatic rings. The fraction of sp³-hybridized carbons (Fsp3) is 0.682. The van der Waals surface area contributed by atoms with Gasteiger partial charge in [0.2, 0.25) is 0 Å². The van der Waals surface area contributed by atoms with Crippen LogP contribution in [0.2, 0.25) is 0 Å². The molecule has 2 unspecified atom stereocenters. The van der Waals surface area contributed by atoms with Crippen LogP contribution >= 0.6 is 0 Å². The minimum absolute atomic E-state index is 0.0705. The van der Waals surface area contributed by atoms with Crippen LogP contribution in [0.1, 0.15) is 58.3 Å². The monoisotopic (exact) mass is 370 g/mol. The van der Waals surface area contributed by atoms with Gasteiger partial charge >= 0.3 is 6.03 Å². The summed E-state index contributed by atoms with van der Waals surface area (Å²) >= 11 is 0. The zero-order valence-electron chi connectivity index (χ0n) is 16.6. The summed E-state index contributed by atoms with van der Waals surface area (Å²) in [5, 5.41) is 6.10. The number of nitrogens with one attached hydrogen (secondary N) is 2. The molecular formula is C22H34N4O. The molecule has 3 fully saturated rings. The summed E-state index contributed by atoms with van der Waals surface area (Å²) in [4.78, 5) is 17.4. The molecule has 0 bridgehead atoms. The van der Waals surface area contributed by atoms with Crippen molar-refractivity contribution in [2.24, 2.45) is 0 Å². The summed E-state index contributed by atoms with van der Waals surface area (Å²) in [6.45, 7) is 5.88. The van der Waals surface area contributed by atoms with Gasteiger partial charge in [-0.25, -0.2) is 4.79 Å². The van der Waals surface area contributed by atoms with Gasteiger partial charge in [-0.3, -0.25) is 4.90 Å². The lowest BCUT2D eigenvalue weighted by Crippen LogP contribution is -2.39. The molecule has 5 nitrogen and oxygen atoms in total. The number of rotatable bonds is 4. The molecule has 5 heteroatoms. The van der Waals surface area contributed by atoms with Crippen molar-refractivity contribution in [2.75, 3.05) is 29.9 Å². The quantitative estimate of drug-likeness (QED) is 0.835. The molecular weight excluding hydrogens is 336 g/mol. The van der Waals surface area contributed by atoms with E-state index in [1.54, 1.807) is 0 Å². The second kappa shape index (κ2) is 8.51. The lowest BCUT2D eigenvalue weighted by Gasteiger charge is -2.28. The minimum Gasteiger partial charge on any atom is -0.370 e. The molecule has 1 aliphatic carbocycles. The predicted molar refractivity (Wildman–Crippen MR) is 111 cm³/mol. The molecule has 2 atom stereocenters. The third-order valence-corrected chi connectivity index (χ3v) is 6.67. The van der Waals surface area contributed by atoms with Gasteiger partial charge in [0.25, 0.3) is 0 Å². The van der Waals surface area contributed by atoms with Gasteiger partial charge in [0.15, 0.2) is 0 Å². The Kier molecular flexibility index (Phi) is 5.86. The fourth-order valence-corrected chi connectivity index (χ4v) is 5.10. The summed E-state index contributed by atoms with van der Waals surface area (Å²) in [5.74, 6) is 0. The van der Waals surface area contributed by atoms with Crippen LogP contribution in [0, 0.1) is 0 Å². The summed E-state index contributed by atoms with van der Waals surface area (Å²) in [6, 6.07) is 10.1. The van der Waals surface area contributed by atoms with E-state index < -0.39 is 0 Å². The second-order valence-electron chi connectivity index (χ2n) is 8.60. The predicted octanol–water partition coefficient (Wildman–Crippen LogP) is 4.20. The Hall–Kier alpha value is -1.75. The maximum atomic E-state index is 12.2. The van der Waals surface area contributed by atoms with Crippen LogP contribution in [0.5, 0.6) is 0 Å². The highest BCUT2D eigenvalue weighted by Gasteiger charge is 2.32. The first kappa shape index (κ1) is 18.6. The number of carbonyl (C=O) groups excluding carboxylic acids is 1. The van der Waals surface area contributed by atoms with Crippen molar-refractivity contribution in [3.05, 3.63) is 24.3 Å². The van der Waals surface area contributed by atoms with E-state index in [-0.39, 0.29) is 6.03 Å². The molecule has 0 radical (unpaired) electrons. The van der Waals surface area contributed by atoms with Gasteiger partial charge in [-0.1, -0.05) is 19.3 Å². The topological polar surface area (TPSA) is 47.6 Å². The molecule has 1 aromatic rings. The Labute approximate surface area is 163 Å². The van der Waals surface area contributed by atoms with Crippen LogP contribution in [0.25, 0.3) is 0 Å². The van der Waals surface area contributed by atoms with Crippen LogP contribution in [0.4, 0.5) is 16.2 Å². The molecule has 2 N–H and O–H groups in total. The average Bonchev–Trinajstić information content (AvgIpc) is 3.32. The van der Waals surface area contributed by atoms with Crippen LogP contribution in [0.15, 0.2) is 24.3 Å². The number of likely N-dealkylation sites (tertiary alicyclic amines) is 1. The van der Waals surface area contributed by atoms with Crippen molar-refractivity contribution >= 4 is 17.4 Å². The molecule has 2 amide bonds. The van der Waals surface area contributed by atoms with Crippen LogP contribution < -0.4 is 15.5 Å². The number of amides is 2. The maximum Gasteiger partial charge on any atom is 0.319 e. The highest BCUT2D eigenvalue weighted by atomic mass is 16.2. The molecule has 0 aromatic heterocycles. The highest BCUT2D eigenvalue weighted by Crippen LogP contribution is 2.28. The third-order valence-electron chi connectivity index (χ3n) is 6.67. The van der Waals surface area contributed by atoms with Gasteiger partial charge in [0.1, 0.15) is 0 Å². The molecule has 1 saturated carbocycles. The SMILES string of the molecule is CC1CCCN1C1CCN(c2ccc(NC(=O)NC3CCCCC3)cc2)C1. The number of urea groups is 1. The van der Waals surface area contributed by atoms with Crippen molar-refractivity contribution in [2.45, 2.75) is 76.4 Å². The van der Waals surface area contributed by atoms with Crippen molar-refractivity contribution in [3.8, 4) is 0 Å². The smallest absolute Gasteiger partial charge is 0.319 e. The molecule has 148 valence electrons. The summed E-state index contributed by atoms with van der Waals surface area (Å²) in [7, 11) is 0. The fourth-order valence-electron chi connectivity index (χ4n) is 5.10. The molecule has 2 saturated heterocycles. The van der Waals surface area contributed by atoms with Crippen molar-refractivity contribution in [3.63, 3.8) is 0 Å². The van der Waals surface area contributed by atoms with Gasteiger partial charge in [-0.05, 0) is 69.8 Å². The van der Waals surface area contributed by atoms with Gasteiger partial charge in [-0.15, -0.1) is 0 Å². The number of nitrogens with zero attached hydrogens (tertiary/aromatic N) is 2. The first-order valence-electron chi connectivity index (χ1n) is 10.9. The molecule has 1 aromatic carbocycles. The van der Waals surface area contributed by atoms with Crippen LogP contribution in [-0.2, 0) is 0 Å². The summed E-state index contributed by atoms with van der Waals surface area (Å²) in [5.41, 5.74) is 2.14. The van der Waals surface area contributed by atoms with E-state index in [0.29, 0.717) is 12.1 Å². The largest absolute Gasteiger partial charge is 0.370 e. The second-order valence-corrected chi connectivity index (χ2v) is 8.60. The van der Waals surface area contributed by atoms with Crippen LogP contribution in [0.3, 0.4) is 0 Å². The number of anilines is 2. The van der Waals surface area contributed by atoms with E-state index >= 15 is 0 Å². The lowest BCUT2D eigenvalue weighted by molar-refractivity contribution is 0.204. The van der Waals surface area contributed by atoms with E-state index in [4.69, 9.17) is 0 Å². The molecule has 2 aliphatic heterocycles. The Balaban J connectivity index is 1.28. The normalized spacial score (nSPS) is 27.1. The zero-order valence-corrected chi connectivity index (χ0v) is 16.6. The van der Waals surface area contributed by atoms with Gasteiger partial charge in [0.05, 0.1) is 0 Å². The Morgan fingerprint density at radius 2 is 1.74 bits per heavy atom. The Morgan fingerprint density at radius 3 is 2.44 bits per heavy atom. The summed E-state index contributed by atoms with van der Waals surface area (Å²) in [6.07, 6.45) is 9.93. The molecule has 2 heterocycles. The van der Waals surface area contributed by atoms with E-state index in [1.165, 1.54) is 50.8 Å². The Morgan fingerprint density at radius 1 is 0.963 bits per heavy atom. The standard InChI is InChI=1S/C22H34N4O/c1-17-6-5-14-26(17)21-13-15-25(16-21)20-11-9-19(10-12-20)24-22(27)23-18-7-3-2-4-8-18/h9-12,17-18,21H,2-8,13-16H2,1H3,(H2,23,24,27). The minimum atomic E-state index is -0.0705. The van der Waals surface area contributed by atoms with Crippen molar-refractivity contribution in [1.29, 1.82) is 0 Å². The van der Waals surface area contributed by atoms with Gasteiger partial charge in [-0.2, -0.15) is 0 Å². The zero-order chi connectivity index (χ0) is 18.6.